The Labute approximate surface area is 124 Å². The molecule has 2 heterocycles. The van der Waals surface area contributed by atoms with Gasteiger partial charge in [0.2, 0.25) is 5.91 Å². The Hall–Kier alpha value is -1.14. The van der Waals surface area contributed by atoms with Crippen LogP contribution in [-0.4, -0.2) is 27.0 Å². The number of fused-ring (bicyclic) bond motifs is 1. The Morgan fingerprint density at radius 3 is 3.05 bits per heavy atom. The quantitative estimate of drug-likeness (QED) is 0.847. The number of amides is 1. The summed E-state index contributed by atoms with van der Waals surface area (Å²) in [5.74, 6) is 1.04. The van der Waals surface area contributed by atoms with Crippen LogP contribution in [0.3, 0.4) is 0 Å². The highest BCUT2D eigenvalue weighted by molar-refractivity contribution is 9.10. The Balaban J connectivity index is 2.27. The molecule has 2 aromatic rings. The standard InChI is InChI=1S/C12H14BrClN4O/c1-2-15-11(19)3-4-18-10(6-14)17-9-5-8(13)7-16-12(9)18/h5,7H,2-4,6H2,1H3,(H,15,19). The molecule has 0 aliphatic carbocycles. The smallest absolute Gasteiger partial charge is 0.221 e. The number of hydrogen-bond acceptors (Lipinski definition) is 3. The largest absolute Gasteiger partial charge is 0.356 e. The van der Waals surface area contributed by atoms with Crippen LogP contribution in [-0.2, 0) is 17.2 Å². The minimum absolute atomic E-state index is 0.0157. The zero-order chi connectivity index (χ0) is 13.8. The second kappa shape index (κ2) is 6.34. The van der Waals surface area contributed by atoms with Gasteiger partial charge in [-0.3, -0.25) is 4.79 Å². The Morgan fingerprint density at radius 2 is 2.37 bits per heavy atom. The van der Waals surface area contributed by atoms with Crippen molar-refractivity contribution in [1.82, 2.24) is 19.9 Å². The highest BCUT2D eigenvalue weighted by Crippen LogP contribution is 2.19. The third-order valence-corrected chi connectivity index (χ3v) is 3.36. The third-order valence-electron chi connectivity index (χ3n) is 2.69. The van der Waals surface area contributed by atoms with Gasteiger partial charge in [0, 0.05) is 30.2 Å². The number of carbonyl (C=O) groups is 1. The first-order valence-corrected chi connectivity index (χ1v) is 7.31. The van der Waals surface area contributed by atoms with Crippen LogP contribution in [0.2, 0.25) is 0 Å². The molecular formula is C12H14BrClN4O. The molecule has 0 saturated carbocycles. The lowest BCUT2D eigenvalue weighted by molar-refractivity contribution is -0.121. The van der Waals surface area contributed by atoms with Gasteiger partial charge in [0.15, 0.2) is 5.65 Å². The van der Waals surface area contributed by atoms with Crippen molar-refractivity contribution in [2.24, 2.45) is 0 Å². The normalized spacial score (nSPS) is 10.9. The molecule has 0 unspecified atom stereocenters. The first kappa shape index (κ1) is 14.3. The number of alkyl halides is 1. The second-order valence-corrected chi connectivity index (χ2v) is 5.20. The van der Waals surface area contributed by atoms with Crippen LogP contribution in [0.25, 0.3) is 11.2 Å². The van der Waals surface area contributed by atoms with E-state index in [4.69, 9.17) is 11.6 Å². The van der Waals surface area contributed by atoms with E-state index in [9.17, 15) is 4.79 Å². The number of nitrogens with one attached hydrogen (secondary N) is 1. The fourth-order valence-electron chi connectivity index (χ4n) is 1.87. The van der Waals surface area contributed by atoms with Gasteiger partial charge < -0.3 is 9.88 Å². The van der Waals surface area contributed by atoms with Gasteiger partial charge in [-0.15, -0.1) is 11.6 Å². The summed E-state index contributed by atoms with van der Waals surface area (Å²) < 4.78 is 2.76. The average Bonchev–Trinajstić information content (AvgIpc) is 2.73. The molecule has 0 fully saturated rings. The van der Waals surface area contributed by atoms with Crippen molar-refractivity contribution in [3.05, 3.63) is 22.6 Å². The van der Waals surface area contributed by atoms with E-state index in [2.05, 4.69) is 31.2 Å². The minimum atomic E-state index is 0.0157. The van der Waals surface area contributed by atoms with Crippen molar-refractivity contribution in [3.63, 3.8) is 0 Å². The summed E-state index contributed by atoms with van der Waals surface area (Å²) in [5, 5.41) is 2.77. The summed E-state index contributed by atoms with van der Waals surface area (Å²) in [5.41, 5.74) is 1.53. The molecule has 0 aromatic carbocycles. The first-order chi connectivity index (χ1) is 9.15. The van der Waals surface area contributed by atoms with Crippen molar-refractivity contribution in [2.75, 3.05) is 6.54 Å². The van der Waals surface area contributed by atoms with Crippen molar-refractivity contribution >= 4 is 44.6 Å². The molecule has 19 heavy (non-hydrogen) atoms. The predicted molar refractivity (Wildman–Crippen MR) is 78.1 cm³/mol. The topological polar surface area (TPSA) is 59.8 Å². The zero-order valence-corrected chi connectivity index (χ0v) is 12.8. The van der Waals surface area contributed by atoms with Gasteiger partial charge in [0.25, 0.3) is 0 Å². The Morgan fingerprint density at radius 1 is 1.58 bits per heavy atom. The summed E-state index contributed by atoms with van der Waals surface area (Å²) in [4.78, 5) is 20.3. The molecule has 0 bridgehead atoms. The number of halogens is 2. The molecule has 0 saturated heterocycles. The average molecular weight is 346 g/mol. The van der Waals surface area contributed by atoms with Gasteiger partial charge in [-0.1, -0.05) is 0 Å². The third kappa shape index (κ3) is 3.25. The highest BCUT2D eigenvalue weighted by Gasteiger charge is 2.12. The lowest BCUT2D eigenvalue weighted by Gasteiger charge is -2.07. The zero-order valence-electron chi connectivity index (χ0n) is 10.5. The summed E-state index contributed by atoms with van der Waals surface area (Å²) in [6, 6.07) is 1.89. The maximum absolute atomic E-state index is 11.5. The number of pyridine rings is 1. The molecule has 1 amide bonds. The maximum atomic E-state index is 11.5. The molecule has 5 nitrogen and oxygen atoms in total. The van der Waals surface area contributed by atoms with E-state index in [0.29, 0.717) is 25.4 Å². The van der Waals surface area contributed by atoms with Crippen LogP contribution < -0.4 is 5.32 Å². The summed E-state index contributed by atoms with van der Waals surface area (Å²) in [7, 11) is 0. The van der Waals surface area contributed by atoms with Gasteiger partial charge in [-0.25, -0.2) is 9.97 Å². The molecule has 0 atom stereocenters. The van der Waals surface area contributed by atoms with Gasteiger partial charge in [0.1, 0.15) is 11.3 Å². The molecule has 2 rings (SSSR count). The molecule has 0 aliphatic rings. The molecule has 2 aromatic heterocycles. The fourth-order valence-corrected chi connectivity index (χ4v) is 2.39. The number of rotatable bonds is 5. The number of nitrogens with zero attached hydrogens (tertiary/aromatic N) is 3. The molecule has 0 aliphatic heterocycles. The summed E-state index contributed by atoms with van der Waals surface area (Å²) in [6.45, 7) is 3.06. The Bertz CT molecular complexity index is 599. The lowest BCUT2D eigenvalue weighted by atomic mass is 10.3. The molecule has 0 spiro atoms. The number of aryl methyl sites for hydroxylation is 1. The number of imidazole rings is 1. The van der Waals surface area contributed by atoms with Crippen molar-refractivity contribution in [3.8, 4) is 0 Å². The number of carbonyl (C=O) groups excluding carboxylic acids is 1. The fraction of sp³-hybridized carbons (Fsp3) is 0.417. The Kier molecular flexibility index (Phi) is 4.76. The molecule has 0 radical (unpaired) electrons. The van der Waals surface area contributed by atoms with E-state index in [1.807, 2.05) is 17.6 Å². The maximum Gasteiger partial charge on any atom is 0.221 e. The SMILES string of the molecule is CCNC(=O)CCn1c(CCl)nc2cc(Br)cnc21. The molecule has 1 N–H and O–H groups in total. The van der Waals surface area contributed by atoms with E-state index in [1.54, 1.807) is 6.20 Å². The van der Waals surface area contributed by atoms with Crippen LogP contribution in [0.4, 0.5) is 0 Å². The van der Waals surface area contributed by atoms with E-state index < -0.39 is 0 Å². The second-order valence-electron chi connectivity index (χ2n) is 4.01. The summed E-state index contributed by atoms with van der Waals surface area (Å²) in [6.07, 6.45) is 2.10. The van der Waals surface area contributed by atoms with Crippen molar-refractivity contribution < 1.29 is 4.79 Å². The predicted octanol–water partition coefficient (Wildman–Crippen LogP) is 2.46. The van der Waals surface area contributed by atoms with E-state index >= 15 is 0 Å². The van der Waals surface area contributed by atoms with Crippen LogP contribution >= 0.6 is 27.5 Å². The van der Waals surface area contributed by atoms with Crippen molar-refractivity contribution in [1.29, 1.82) is 0 Å². The van der Waals surface area contributed by atoms with Gasteiger partial charge >= 0.3 is 0 Å². The van der Waals surface area contributed by atoms with Crippen LogP contribution in [0.15, 0.2) is 16.7 Å². The van der Waals surface area contributed by atoms with Crippen LogP contribution in [0, 0.1) is 0 Å². The van der Waals surface area contributed by atoms with Gasteiger partial charge in [-0.05, 0) is 28.9 Å². The van der Waals surface area contributed by atoms with E-state index in [-0.39, 0.29) is 5.91 Å². The van der Waals surface area contributed by atoms with Crippen molar-refractivity contribution in [2.45, 2.75) is 25.8 Å². The van der Waals surface area contributed by atoms with Gasteiger partial charge in [0.05, 0.1) is 5.88 Å². The van der Waals surface area contributed by atoms with Crippen LogP contribution in [0.5, 0.6) is 0 Å². The van der Waals surface area contributed by atoms with Crippen LogP contribution in [0.1, 0.15) is 19.2 Å². The molecule has 7 heteroatoms. The molecular weight excluding hydrogens is 332 g/mol. The van der Waals surface area contributed by atoms with E-state index in [0.717, 1.165) is 21.5 Å². The monoisotopic (exact) mass is 344 g/mol. The molecule has 102 valence electrons. The number of aromatic nitrogens is 3. The number of hydrogen-bond donors (Lipinski definition) is 1. The first-order valence-electron chi connectivity index (χ1n) is 5.99. The van der Waals surface area contributed by atoms with Gasteiger partial charge in [-0.2, -0.15) is 0 Å². The minimum Gasteiger partial charge on any atom is -0.356 e. The lowest BCUT2D eigenvalue weighted by Crippen LogP contribution is -2.24. The summed E-state index contributed by atoms with van der Waals surface area (Å²) >= 11 is 9.26. The highest BCUT2D eigenvalue weighted by atomic mass is 79.9. The van der Waals surface area contributed by atoms with E-state index in [1.165, 1.54) is 0 Å².